The van der Waals surface area contributed by atoms with Crippen LogP contribution in [0.2, 0.25) is 0 Å². The molecule has 0 aliphatic rings. The lowest BCUT2D eigenvalue weighted by Gasteiger charge is -2.26. The lowest BCUT2D eigenvalue weighted by molar-refractivity contribution is -0.140. The normalized spacial score (nSPS) is 13.4. The second-order valence-corrected chi connectivity index (χ2v) is 6.49. The zero-order valence-corrected chi connectivity index (χ0v) is 13.2. The summed E-state index contributed by atoms with van der Waals surface area (Å²) in [5, 5.41) is 35.7. The van der Waals surface area contributed by atoms with Gasteiger partial charge in [-0.25, -0.2) is 0 Å². The van der Waals surface area contributed by atoms with Crippen LogP contribution in [0.5, 0.6) is 0 Å². The number of aliphatic carboxylic acids is 2. The van der Waals surface area contributed by atoms with E-state index in [1.165, 1.54) is 9.80 Å². The quantitative estimate of drug-likeness (QED) is 0.212. The Morgan fingerprint density at radius 3 is 1.87 bits per heavy atom. The van der Waals surface area contributed by atoms with Gasteiger partial charge in [0, 0.05) is 26.2 Å². The molecule has 136 valence electrons. The third-order valence-corrected chi connectivity index (χ3v) is 3.49. The van der Waals surface area contributed by atoms with Gasteiger partial charge in [-0.3, -0.25) is 23.9 Å². The van der Waals surface area contributed by atoms with Crippen molar-refractivity contribution in [3.8, 4) is 0 Å². The first-order valence-electron chi connectivity index (χ1n) is 6.66. The molecule has 1 atom stereocenters. The Hall–Kier alpha value is -1.31. The van der Waals surface area contributed by atoms with Crippen LogP contribution in [0.4, 0.5) is 0 Å². The first kappa shape index (κ1) is 21.7. The summed E-state index contributed by atoms with van der Waals surface area (Å²) in [4.78, 5) is 24.0. The minimum Gasteiger partial charge on any atom is -0.480 e. The Morgan fingerprint density at radius 1 is 0.957 bits per heavy atom. The van der Waals surface area contributed by atoms with E-state index in [9.17, 15) is 23.1 Å². The highest BCUT2D eigenvalue weighted by molar-refractivity contribution is 7.85. The molecule has 0 radical (unpaired) electrons. The number of rotatable bonds is 13. The number of hydrogen-bond acceptors (Lipinski definition) is 8. The van der Waals surface area contributed by atoms with Crippen LogP contribution in [0.3, 0.4) is 0 Å². The molecular weight excluding hydrogens is 336 g/mol. The molecule has 1 unspecified atom stereocenters. The predicted octanol–water partition coefficient (Wildman–Crippen LogP) is -3.00. The molecule has 23 heavy (non-hydrogen) atoms. The molecule has 0 aliphatic heterocycles. The summed E-state index contributed by atoms with van der Waals surface area (Å²) in [6.07, 6.45) is -1.15. The maximum absolute atomic E-state index is 10.8. The van der Waals surface area contributed by atoms with Crippen molar-refractivity contribution in [1.82, 2.24) is 9.80 Å². The molecule has 0 aromatic heterocycles. The van der Waals surface area contributed by atoms with E-state index in [1.807, 2.05) is 0 Å². The average molecular weight is 358 g/mol. The molecule has 0 saturated heterocycles. The molecule has 0 aromatic carbocycles. The maximum atomic E-state index is 10.8. The summed E-state index contributed by atoms with van der Waals surface area (Å²) < 4.78 is 30.1. The third kappa shape index (κ3) is 12.9. The van der Waals surface area contributed by atoms with Crippen molar-refractivity contribution in [2.24, 2.45) is 0 Å². The van der Waals surface area contributed by atoms with Gasteiger partial charge in [0.05, 0.1) is 31.6 Å². The first-order valence-corrected chi connectivity index (χ1v) is 8.26. The predicted molar refractivity (Wildman–Crippen MR) is 77.7 cm³/mol. The molecule has 5 N–H and O–H groups in total. The highest BCUT2D eigenvalue weighted by Crippen LogP contribution is 1.97. The Balaban J connectivity index is 4.66. The molecule has 11 nitrogen and oxygen atoms in total. The van der Waals surface area contributed by atoms with Crippen LogP contribution in [-0.4, -0.2) is 113 Å². The van der Waals surface area contributed by atoms with E-state index < -0.39 is 53.6 Å². The number of aliphatic hydroxyl groups is 2. The zero-order chi connectivity index (χ0) is 18.0. The summed E-state index contributed by atoms with van der Waals surface area (Å²) in [6.45, 7) is -1.82. The summed E-state index contributed by atoms with van der Waals surface area (Å²) in [5.41, 5.74) is 0. The summed E-state index contributed by atoms with van der Waals surface area (Å²) in [7, 11) is -4.25. The van der Waals surface area contributed by atoms with Gasteiger partial charge in [-0.05, 0) is 0 Å². The van der Waals surface area contributed by atoms with Gasteiger partial charge in [0.15, 0.2) is 0 Å². The molecule has 0 aliphatic carbocycles. The van der Waals surface area contributed by atoms with Crippen molar-refractivity contribution in [2.45, 2.75) is 6.10 Å². The van der Waals surface area contributed by atoms with E-state index in [4.69, 9.17) is 19.9 Å². The number of nitrogens with zero attached hydrogens (tertiary/aromatic N) is 2. The van der Waals surface area contributed by atoms with Crippen LogP contribution in [-0.2, 0) is 19.7 Å². The van der Waals surface area contributed by atoms with Crippen LogP contribution in [0, 0.1) is 0 Å². The van der Waals surface area contributed by atoms with Crippen molar-refractivity contribution in [3.05, 3.63) is 0 Å². The van der Waals surface area contributed by atoms with Crippen LogP contribution < -0.4 is 0 Å². The molecule has 0 aromatic rings. The van der Waals surface area contributed by atoms with Crippen LogP contribution in [0.1, 0.15) is 0 Å². The van der Waals surface area contributed by atoms with Crippen molar-refractivity contribution in [3.63, 3.8) is 0 Å². The number of carboxylic acid groups (broad SMARTS) is 2. The van der Waals surface area contributed by atoms with Crippen molar-refractivity contribution < 1.29 is 43.0 Å². The number of hydrogen-bond donors (Lipinski definition) is 5. The lowest BCUT2D eigenvalue weighted by Crippen LogP contribution is -2.44. The van der Waals surface area contributed by atoms with E-state index in [0.717, 1.165) is 0 Å². The van der Waals surface area contributed by atoms with Crippen molar-refractivity contribution in [1.29, 1.82) is 0 Å². The van der Waals surface area contributed by atoms with E-state index in [0.29, 0.717) is 0 Å². The minimum atomic E-state index is -4.25. The second-order valence-electron chi connectivity index (χ2n) is 4.92. The fourth-order valence-electron chi connectivity index (χ4n) is 1.77. The second kappa shape index (κ2) is 10.5. The van der Waals surface area contributed by atoms with Gasteiger partial charge in [-0.15, -0.1) is 0 Å². The average Bonchev–Trinajstić information content (AvgIpc) is 2.39. The molecule has 0 fully saturated rings. The highest BCUT2D eigenvalue weighted by atomic mass is 32.2. The number of carbonyl (C=O) groups is 2. The van der Waals surface area contributed by atoms with E-state index in [1.54, 1.807) is 0 Å². The Morgan fingerprint density at radius 2 is 1.43 bits per heavy atom. The number of carboxylic acids is 2. The topological polar surface area (TPSA) is 176 Å². The highest BCUT2D eigenvalue weighted by Gasteiger charge is 2.18. The number of aliphatic hydroxyl groups excluding tert-OH is 2. The molecule has 0 spiro atoms. The Labute approximate surface area is 133 Å². The van der Waals surface area contributed by atoms with Gasteiger partial charge in [-0.2, -0.15) is 8.42 Å². The molecule has 12 heteroatoms. The molecule has 0 rings (SSSR count). The standard InChI is InChI=1S/C11H22N2O9S/c14-8-9(15)5-13(7-11(18)19)2-1-12(6-10(16)17)3-4-23(20,21)22/h9,14-15H,1-8H2,(H,16,17)(H,18,19)(H,20,21,22). The van der Waals surface area contributed by atoms with Crippen molar-refractivity contribution >= 4 is 22.1 Å². The summed E-state index contributed by atoms with van der Waals surface area (Å²) in [5.74, 6) is -3.03. The third-order valence-electron chi connectivity index (χ3n) is 2.80. The van der Waals surface area contributed by atoms with Crippen LogP contribution in [0.25, 0.3) is 0 Å². The SMILES string of the molecule is O=C(O)CN(CCN(CC(=O)O)CC(O)CO)CCS(=O)(=O)O. The fraction of sp³-hybridized carbons (Fsp3) is 0.818. The van der Waals surface area contributed by atoms with Gasteiger partial charge in [0.1, 0.15) is 0 Å². The van der Waals surface area contributed by atoms with E-state index >= 15 is 0 Å². The maximum Gasteiger partial charge on any atom is 0.317 e. The molecule has 0 heterocycles. The molecule has 0 amide bonds. The van der Waals surface area contributed by atoms with Gasteiger partial charge >= 0.3 is 11.9 Å². The molecule has 0 saturated carbocycles. The largest absolute Gasteiger partial charge is 0.480 e. The van der Waals surface area contributed by atoms with Crippen molar-refractivity contribution in [2.75, 3.05) is 51.6 Å². The van der Waals surface area contributed by atoms with Gasteiger partial charge in [0.25, 0.3) is 10.1 Å². The fourth-order valence-corrected chi connectivity index (χ4v) is 2.26. The summed E-state index contributed by atoms with van der Waals surface area (Å²) in [6, 6.07) is 0. The monoisotopic (exact) mass is 358 g/mol. The Kier molecular flexibility index (Phi) is 9.87. The van der Waals surface area contributed by atoms with Crippen LogP contribution >= 0.6 is 0 Å². The summed E-state index contributed by atoms with van der Waals surface area (Å²) >= 11 is 0. The van der Waals surface area contributed by atoms with Gasteiger partial charge < -0.3 is 20.4 Å². The minimum absolute atomic E-state index is 0.00719. The molecule has 0 bridgehead atoms. The smallest absolute Gasteiger partial charge is 0.317 e. The first-order chi connectivity index (χ1) is 10.5. The van der Waals surface area contributed by atoms with E-state index in [-0.39, 0.29) is 26.2 Å². The zero-order valence-electron chi connectivity index (χ0n) is 12.4. The lowest BCUT2D eigenvalue weighted by atomic mass is 10.3. The van der Waals surface area contributed by atoms with Gasteiger partial charge in [0.2, 0.25) is 0 Å². The van der Waals surface area contributed by atoms with Crippen LogP contribution in [0.15, 0.2) is 0 Å². The van der Waals surface area contributed by atoms with E-state index in [2.05, 4.69) is 0 Å². The Bertz CT molecular complexity index is 482. The molecular formula is C11H22N2O9S. The van der Waals surface area contributed by atoms with Gasteiger partial charge in [-0.1, -0.05) is 0 Å².